The Hall–Kier alpha value is -3.05. The second-order valence-electron chi connectivity index (χ2n) is 7.53. The molecule has 3 aromatic rings. The lowest BCUT2D eigenvalue weighted by Gasteiger charge is -2.14. The van der Waals surface area contributed by atoms with Crippen LogP contribution in [0, 0.1) is 13.8 Å². The molecule has 158 valence electrons. The van der Waals surface area contributed by atoms with Crippen molar-refractivity contribution < 1.29 is 4.79 Å². The van der Waals surface area contributed by atoms with E-state index in [1.807, 2.05) is 43.3 Å². The molecule has 0 aliphatic carbocycles. The van der Waals surface area contributed by atoms with Gasteiger partial charge >= 0.3 is 0 Å². The van der Waals surface area contributed by atoms with Crippen LogP contribution in [0.4, 0.5) is 5.69 Å². The summed E-state index contributed by atoms with van der Waals surface area (Å²) in [6.45, 7) is 8.99. The van der Waals surface area contributed by atoms with Gasteiger partial charge in [0.15, 0.2) is 5.17 Å². The maximum Gasteiger partial charge on any atom is 0.266 e. The Morgan fingerprint density at radius 1 is 1.00 bits per heavy atom. The molecule has 0 saturated carbocycles. The zero-order valence-electron chi connectivity index (χ0n) is 18.4. The van der Waals surface area contributed by atoms with E-state index in [2.05, 4.69) is 55.7 Å². The average molecular weight is 430 g/mol. The number of thioether (sulfide) groups is 1. The second-order valence-corrected chi connectivity index (χ2v) is 8.54. The standard InChI is InChI=1S/C26H27N3OS/c1-5-20-12-10-11-15-23(20)29-18(3)16-21(19(29)4)17-24-25(30)28(6-2)26(31-24)27-22-13-8-7-9-14-22/h7-17H,5-6H2,1-4H3/b24-17-,27-26?. The van der Waals surface area contributed by atoms with Crippen molar-refractivity contribution in [3.63, 3.8) is 0 Å². The number of carbonyl (C=O) groups excluding carboxylic acids is 1. The lowest BCUT2D eigenvalue weighted by atomic mass is 10.1. The first kappa shape index (κ1) is 21.2. The SMILES string of the molecule is CCc1ccccc1-n1c(C)cc(/C=C2\SC(=Nc3ccccc3)N(CC)C2=O)c1C. The highest BCUT2D eigenvalue weighted by Gasteiger charge is 2.32. The highest BCUT2D eigenvalue weighted by Crippen LogP contribution is 2.35. The number of amidine groups is 1. The molecule has 2 aromatic carbocycles. The van der Waals surface area contributed by atoms with Crippen molar-refractivity contribution in [1.82, 2.24) is 9.47 Å². The van der Waals surface area contributed by atoms with Gasteiger partial charge in [0.1, 0.15) is 0 Å². The van der Waals surface area contributed by atoms with Gasteiger partial charge in [-0.2, -0.15) is 0 Å². The Bertz CT molecular complexity index is 1170. The molecule has 0 unspecified atom stereocenters. The first-order valence-electron chi connectivity index (χ1n) is 10.7. The molecular formula is C26H27N3OS. The summed E-state index contributed by atoms with van der Waals surface area (Å²) in [5.74, 6) is 0.0148. The van der Waals surface area contributed by atoms with Crippen molar-refractivity contribution in [1.29, 1.82) is 0 Å². The van der Waals surface area contributed by atoms with Crippen LogP contribution in [-0.2, 0) is 11.2 Å². The Morgan fingerprint density at radius 3 is 2.42 bits per heavy atom. The van der Waals surface area contributed by atoms with E-state index in [9.17, 15) is 4.79 Å². The minimum Gasteiger partial charge on any atom is -0.318 e. The zero-order valence-corrected chi connectivity index (χ0v) is 19.2. The minimum absolute atomic E-state index is 0.0148. The fourth-order valence-corrected chi connectivity index (χ4v) is 5.01. The van der Waals surface area contributed by atoms with E-state index in [-0.39, 0.29) is 5.91 Å². The third kappa shape index (κ3) is 4.10. The van der Waals surface area contributed by atoms with Gasteiger partial charge in [-0.1, -0.05) is 43.3 Å². The molecule has 0 N–H and O–H groups in total. The van der Waals surface area contributed by atoms with Crippen LogP contribution in [0.1, 0.15) is 36.4 Å². The number of hydrogen-bond donors (Lipinski definition) is 0. The average Bonchev–Trinajstić information content (AvgIpc) is 3.23. The lowest BCUT2D eigenvalue weighted by Crippen LogP contribution is -2.28. The summed E-state index contributed by atoms with van der Waals surface area (Å²) in [5.41, 5.74) is 6.73. The maximum atomic E-state index is 13.1. The van der Waals surface area contributed by atoms with Crippen LogP contribution in [0.15, 0.2) is 70.6 Å². The van der Waals surface area contributed by atoms with Gasteiger partial charge < -0.3 is 4.57 Å². The number of rotatable bonds is 5. The van der Waals surface area contributed by atoms with Crippen molar-refractivity contribution in [3.8, 4) is 5.69 Å². The zero-order chi connectivity index (χ0) is 22.0. The smallest absolute Gasteiger partial charge is 0.266 e. The van der Waals surface area contributed by atoms with Crippen LogP contribution in [-0.4, -0.2) is 27.1 Å². The molecule has 1 saturated heterocycles. The topological polar surface area (TPSA) is 37.6 Å². The molecular weight excluding hydrogens is 402 g/mol. The summed E-state index contributed by atoms with van der Waals surface area (Å²) < 4.78 is 2.28. The van der Waals surface area contributed by atoms with E-state index in [0.717, 1.165) is 34.2 Å². The molecule has 2 heterocycles. The summed E-state index contributed by atoms with van der Waals surface area (Å²) in [4.78, 5) is 20.2. The Balaban J connectivity index is 1.72. The molecule has 5 heteroatoms. The molecule has 1 aliphatic heterocycles. The predicted molar refractivity (Wildman–Crippen MR) is 131 cm³/mol. The molecule has 4 rings (SSSR count). The summed E-state index contributed by atoms with van der Waals surface area (Å²) in [7, 11) is 0. The van der Waals surface area contributed by atoms with Gasteiger partial charge in [-0.3, -0.25) is 9.69 Å². The van der Waals surface area contributed by atoms with E-state index in [1.54, 1.807) is 4.90 Å². The molecule has 1 amide bonds. The van der Waals surface area contributed by atoms with Crippen molar-refractivity contribution in [2.45, 2.75) is 34.1 Å². The van der Waals surface area contributed by atoms with Crippen molar-refractivity contribution in [3.05, 3.63) is 88.1 Å². The van der Waals surface area contributed by atoms with Crippen molar-refractivity contribution >= 4 is 34.6 Å². The fourth-order valence-electron chi connectivity index (χ4n) is 3.96. The van der Waals surface area contributed by atoms with Gasteiger partial charge in [0, 0.05) is 23.6 Å². The molecule has 1 aliphatic rings. The highest BCUT2D eigenvalue weighted by atomic mass is 32.2. The van der Waals surface area contributed by atoms with Gasteiger partial charge in [0.2, 0.25) is 0 Å². The number of likely N-dealkylation sites (N-methyl/N-ethyl adjacent to an activating group) is 1. The number of carbonyl (C=O) groups is 1. The molecule has 0 radical (unpaired) electrons. The van der Waals surface area contributed by atoms with Crippen LogP contribution in [0.3, 0.4) is 0 Å². The van der Waals surface area contributed by atoms with Crippen LogP contribution < -0.4 is 0 Å². The molecule has 31 heavy (non-hydrogen) atoms. The lowest BCUT2D eigenvalue weighted by molar-refractivity contribution is -0.122. The van der Waals surface area contributed by atoms with E-state index < -0.39 is 0 Å². The normalized spacial score (nSPS) is 16.6. The predicted octanol–water partition coefficient (Wildman–Crippen LogP) is 6.28. The number of aromatic nitrogens is 1. The number of aryl methyl sites for hydroxylation is 2. The summed E-state index contributed by atoms with van der Waals surface area (Å²) >= 11 is 1.45. The van der Waals surface area contributed by atoms with Gasteiger partial charge in [-0.05, 0) is 80.4 Å². The third-order valence-corrected chi connectivity index (χ3v) is 6.56. The molecule has 0 spiro atoms. The Kier molecular flexibility index (Phi) is 6.14. The molecule has 1 fully saturated rings. The largest absolute Gasteiger partial charge is 0.318 e. The summed E-state index contributed by atoms with van der Waals surface area (Å²) in [5, 5.41) is 0.732. The van der Waals surface area contributed by atoms with E-state index in [4.69, 9.17) is 4.99 Å². The molecule has 0 atom stereocenters. The van der Waals surface area contributed by atoms with E-state index >= 15 is 0 Å². The number of amides is 1. The fraction of sp³-hybridized carbons (Fsp3) is 0.231. The second kappa shape index (κ2) is 8.98. The number of benzene rings is 2. The monoisotopic (exact) mass is 429 g/mol. The first-order chi connectivity index (χ1) is 15.0. The maximum absolute atomic E-state index is 13.1. The first-order valence-corrected chi connectivity index (χ1v) is 11.5. The van der Waals surface area contributed by atoms with Crippen LogP contribution in [0.2, 0.25) is 0 Å². The minimum atomic E-state index is 0.0148. The van der Waals surface area contributed by atoms with E-state index in [0.29, 0.717) is 11.4 Å². The number of hydrogen-bond acceptors (Lipinski definition) is 3. The Morgan fingerprint density at radius 2 is 1.71 bits per heavy atom. The van der Waals surface area contributed by atoms with E-state index in [1.165, 1.54) is 23.0 Å². The number of nitrogens with zero attached hydrogens (tertiary/aromatic N) is 3. The van der Waals surface area contributed by atoms with Crippen LogP contribution in [0.25, 0.3) is 11.8 Å². The van der Waals surface area contributed by atoms with Crippen molar-refractivity contribution in [2.24, 2.45) is 4.99 Å². The molecule has 4 nitrogen and oxygen atoms in total. The highest BCUT2D eigenvalue weighted by molar-refractivity contribution is 8.18. The molecule has 1 aromatic heterocycles. The van der Waals surface area contributed by atoms with Crippen molar-refractivity contribution in [2.75, 3.05) is 6.54 Å². The third-order valence-electron chi connectivity index (χ3n) is 5.56. The van der Waals surface area contributed by atoms with Crippen LogP contribution in [0.5, 0.6) is 0 Å². The number of aliphatic imine (C=N–C) groups is 1. The van der Waals surface area contributed by atoms with Crippen LogP contribution >= 0.6 is 11.8 Å². The van der Waals surface area contributed by atoms with Gasteiger partial charge in [0.25, 0.3) is 5.91 Å². The Labute approximate surface area is 188 Å². The summed E-state index contributed by atoms with van der Waals surface area (Å²) in [6, 6.07) is 20.4. The van der Waals surface area contributed by atoms with Gasteiger partial charge in [0.05, 0.1) is 10.6 Å². The van der Waals surface area contributed by atoms with Gasteiger partial charge in [-0.15, -0.1) is 0 Å². The molecule has 0 bridgehead atoms. The van der Waals surface area contributed by atoms with Gasteiger partial charge in [-0.25, -0.2) is 4.99 Å². The number of para-hydroxylation sites is 2. The summed E-state index contributed by atoms with van der Waals surface area (Å²) in [6.07, 6.45) is 2.99. The quantitative estimate of drug-likeness (QED) is 0.448.